The Labute approximate surface area is 130 Å². The molecule has 0 amide bonds. The standard InChI is InChI=1S/C15H22ClN5/c1-3-13-15(16)14(21(2)20-13)9-12(19-17)7-6-11-5-4-8-18-10-11/h4-5,8,10,12,19H,3,6-7,9,17H2,1-2H3. The van der Waals surface area contributed by atoms with Gasteiger partial charge < -0.3 is 0 Å². The Morgan fingerprint density at radius 2 is 2.29 bits per heavy atom. The number of aromatic nitrogens is 3. The molecule has 21 heavy (non-hydrogen) atoms. The van der Waals surface area contributed by atoms with E-state index >= 15 is 0 Å². The predicted molar refractivity (Wildman–Crippen MR) is 85.0 cm³/mol. The van der Waals surface area contributed by atoms with Gasteiger partial charge in [-0.15, -0.1) is 0 Å². The van der Waals surface area contributed by atoms with Gasteiger partial charge in [-0.05, 0) is 30.9 Å². The molecule has 0 aromatic carbocycles. The van der Waals surface area contributed by atoms with E-state index in [9.17, 15) is 0 Å². The van der Waals surface area contributed by atoms with Crippen molar-refractivity contribution < 1.29 is 0 Å². The Hall–Kier alpha value is -1.43. The molecule has 3 N–H and O–H groups in total. The molecular formula is C15H22ClN5. The Morgan fingerprint density at radius 1 is 1.48 bits per heavy atom. The highest BCUT2D eigenvalue weighted by atomic mass is 35.5. The lowest BCUT2D eigenvalue weighted by Crippen LogP contribution is -2.37. The number of halogens is 1. The lowest BCUT2D eigenvalue weighted by molar-refractivity contribution is 0.477. The number of nitrogens with two attached hydrogens (primary N) is 1. The highest BCUT2D eigenvalue weighted by Crippen LogP contribution is 2.22. The van der Waals surface area contributed by atoms with Crippen molar-refractivity contribution in [1.29, 1.82) is 0 Å². The molecule has 0 radical (unpaired) electrons. The van der Waals surface area contributed by atoms with Gasteiger partial charge in [-0.25, -0.2) is 0 Å². The van der Waals surface area contributed by atoms with Crippen molar-refractivity contribution in [3.63, 3.8) is 0 Å². The zero-order chi connectivity index (χ0) is 15.2. The Bertz CT molecular complexity index is 567. The monoisotopic (exact) mass is 307 g/mol. The molecule has 0 aliphatic rings. The number of hydrazine groups is 1. The van der Waals surface area contributed by atoms with E-state index in [4.69, 9.17) is 17.4 Å². The van der Waals surface area contributed by atoms with Crippen LogP contribution in [0.1, 0.15) is 30.3 Å². The number of nitrogens with zero attached hydrogens (tertiary/aromatic N) is 3. The number of aryl methyl sites for hydroxylation is 3. The van der Waals surface area contributed by atoms with Crippen molar-refractivity contribution in [1.82, 2.24) is 20.2 Å². The van der Waals surface area contributed by atoms with E-state index in [2.05, 4.69) is 28.5 Å². The van der Waals surface area contributed by atoms with Crippen LogP contribution in [0.15, 0.2) is 24.5 Å². The van der Waals surface area contributed by atoms with E-state index in [1.54, 1.807) is 6.20 Å². The SMILES string of the molecule is CCc1nn(C)c(CC(CCc2cccnc2)NN)c1Cl. The first-order valence-corrected chi connectivity index (χ1v) is 7.58. The van der Waals surface area contributed by atoms with Crippen LogP contribution in [0.4, 0.5) is 0 Å². The summed E-state index contributed by atoms with van der Waals surface area (Å²) in [4.78, 5) is 4.13. The molecule has 0 bridgehead atoms. The summed E-state index contributed by atoms with van der Waals surface area (Å²) in [5.41, 5.74) is 6.07. The van der Waals surface area contributed by atoms with Crippen molar-refractivity contribution in [3.05, 3.63) is 46.5 Å². The van der Waals surface area contributed by atoms with E-state index in [1.165, 1.54) is 5.56 Å². The molecule has 0 spiro atoms. The minimum absolute atomic E-state index is 0.155. The van der Waals surface area contributed by atoms with Crippen LogP contribution < -0.4 is 11.3 Å². The number of hydrogen-bond acceptors (Lipinski definition) is 4. The topological polar surface area (TPSA) is 68.8 Å². The normalized spacial score (nSPS) is 12.6. The molecule has 1 unspecified atom stereocenters. The summed E-state index contributed by atoms with van der Waals surface area (Å²) in [6.45, 7) is 2.05. The second-order valence-corrected chi connectivity index (χ2v) is 5.53. The van der Waals surface area contributed by atoms with Crippen LogP contribution in [0, 0.1) is 0 Å². The second kappa shape index (κ2) is 7.54. The molecule has 2 heterocycles. The van der Waals surface area contributed by atoms with Gasteiger partial charge in [-0.1, -0.05) is 24.6 Å². The summed E-state index contributed by atoms with van der Waals surface area (Å²) in [6, 6.07) is 4.18. The van der Waals surface area contributed by atoms with Gasteiger partial charge in [0.05, 0.1) is 16.4 Å². The van der Waals surface area contributed by atoms with Gasteiger partial charge in [0.15, 0.2) is 0 Å². The van der Waals surface area contributed by atoms with E-state index in [0.29, 0.717) is 0 Å². The van der Waals surface area contributed by atoms with Gasteiger partial charge in [-0.2, -0.15) is 5.10 Å². The zero-order valence-corrected chi connectivity index (χ0v) is 13.3. The minimum Gasteiger partial charge on any atom is -0.271 e. The van der Waals surface area contributed by atoms with Gasteiger partial charge in [0, 0.05) is 31.9 Å². The highest BCUT2D eigenvalue weighted by molar-refractivity contribution is 6.31. The van der Waals surface area contributed by atoms with Crippen molar-refractivity contribution in [2.45, 2.75) is 38.6 Å². The molecule has 2 rings (SSSR count). The maximum absolute atomic E-state index is 6.39. The van der Waals surface area contributed by atoms with Crippen LogP contribution in [0.3, 0.4) is 0 Å². The van der Waals surface area contributed by atoms with Gasteiger partial charge in [0.1, 0.15) is 0 Å². The predicted octanol–water partition coefficient (Wildman–Crippen LogP) is 2.04. The summed E-state index contributed by atoms with van der Waals surface area (Å²) in [7, 11) is 1.93. The molecule has 0 aliphatic carbocycles. The number of nitrogens with one attached hydrogen (secondary N) is 1. The van der Waals surface area contributed by atoms with Crippen LogP contribution in [0.25, 0.3) is 0 Å². The third kappa shape index (κ3) is 4.03. The number of pyridine rings is 1. The summed E-state index contributed by atoms with van der Waals surface area (Å²) in [5, 5.41) is 5.21. The highest BCUT2D eigenvalue weighted by Gasteiger charge is 2.17. The molecule has 5 nitrogen and oxygen atoms in total. The third-order valence-corrected chi connectivity index (χ3v) is 4.12. The van der Waals surface area contributed by atoms with Crippen molar-refractivity contribution in [2.75, 3.05) is 0 Å². The Morgan fingerprint density at radius 3 is 2.86 bits per heavy atom. The van der Waals surface area contributed by atoms with E-state index in [1.807, 2.05) is 24.0 Å². The van der Waals surface area contributed by atoms with Crippen LogP contribution in [0.5, 0.6) is 0 Å². The minimum atomic E-state index is 0.155. The van der Waals surface area contributed by atoms with Gasteiger partial charge in [-0.3, -0.25) is 20.9 Å². The third-order valence-electron chi connectivity index (χ3n) is 3.68. The Kier molecular flexibility index (Phi) is 5.73. The molecule has 0 aliphatic heterocycles. The molecule has 0 fully saturated rings. The summed E-state index contributed by atoms with van der Waals surface area (Å²) in [5.74, 6) is 5.69. The number of hydrogen-bond donors (Lipinski definition) is 2. The zero-order valence-electron chi connectivity index (χ0n) is 12.5. The lowest BCUT2D eigenvalue weighted by Gasteiger charge is -2.16. The molecule has 6 heteroatoms. The fraction of sp³-hybridized carbons (Fsp3) is 0.467. The second-order valence-electron chi connectivity index (χ2n) is 5.15. The molecule has 0 saturated heterocycles. The summed E-state index contributed by atoms with van der Waals surface area (Å²) < 4.78 is 1.86. The maximum Gasteiger partial charge on any atom is 0.0850 e. The van der Waals surface area contributed by atoms with Gasteiger partial charge >= 0.3 is 0 Å². The number of rotatable bonds is 7. The molecular weight excluding hydrogens is 286 g/mol. The molecule has 2 aromatic heterocycles. The van der Waals surface area contributed by atoms with E-state index in [0.717, 1.165) is 42.1 Å². The first-order chi connectivity index (χ1) is 10.2. The van der Waals surface area contributed by atoms with E-state index < -0.39 is 0 Å². The average molecular weight is 308 g/mol. The van der Waals surface area contributed by atoms with Crippen molar-refractivity contribution >= 4 is 11.6 Å². The van der Waals surface area contributed by atoms with Crippen LogP contribution >= 0.6 is 11.6 Å². The molecule has 114 valence electrons. The van der Waals surface area contributed by atoms with Gasteiger partial charge in [0.2, 0.25) is 0 Å². The molecule has 1 atom stereocenters. The van der Waals surface area contributed by atoms with Crippen LogP contribution in [0.2, 0.25) is 5.02 Å². The van der Waals surface area contributed by atoms with Crippen molar-refractivity contribution in [3.8, 4) is 0 Å². The van der Waals surface area contributed by atoms with Crippen molar-refractivity contribution in [2.24, 2.45) is 12.9 Å². The average Bonchev–Trinajstić information content (AvgIpc) is 2.79. The smallest absolute Gasteiger partial charge is 0.0850 e. The lowest BCUT2D eigenvalue weighted by atomic mass is 10.0. The molecule has 2 aromatic rings. The summed E-state index contributed by atoms with van der Waals surface area (Å²) in [6.07, 6.45) is 7.12. The summed E-state index contributed by atoms with van der Waals surface area (Å²) >= 11 is 6.39. The Balaban J connectivity index is 2.01. The maximum atomic E-state index is 6.39. The first-order valence-electron chi connectivity index (χ1n) is 7.21. The molecule has 0 saturated carbocycles. The van der Waals surface area contributed by atoms with Crippen LogP contribution in [-0.2, 0) is 26.3 Å². The van der Waals surface area contributed by atoms with E-state index in [-0.39, 0.29) is 6.04 Å². The first kappa shape index (κ1) is 15.9. The quantitative estimate of drug-likeness (QED) is 0.607. The van der Waals surface area contributed by atoms with Gasteiger partial charge in [0.25, 0.3) is 0 Å². The van der Waals surface area contributed by atoms with Crippen LogP contribution in [-0.4, -0.2) is 20.8 Å². The fourth-order valence-electron chi connectivity index (χ4n) is 2.41. The largest absolute Gasteiger partial charge is 0.271 e. The fourth-order valence-corrected chi connectivity index (χ4v) is 2.78.